The highest BCUT2D eigenvalue weighted by Gasteiger charge is 2.25. The standard InChI is InChI=1S/C21H23N5O3S2/c1-13(20(28)23-15-8-6-14(7-9-15)18(22)27)31-21-25-24-19(17-5-3-11-30-17)26(21)12-16-4-2-10-29-16/h3,5-9,11,13,16H,2,4,10,12H2,1H3,(H2,22,27)(H,23,28)/t13-,16-/m1/s1. The Kier molecular flexibility index (Phi) is 6.69. The normalized spacial score (nSPS) is 16.9. The number of thioether (sulfide) groups is 1. The molecule has 1 aliphatic rings. The smallest absolute Gasteiger partial charge is 0.248 e. The summed E-state index contributed by atoms with van der Waals surface area (Å²) in [6.07, 6.45) is 2.18. The number of nitrogens with two attached hydrogens (primary N) is 1. The minimum absolute atomic E-state index is 0.127. The van der Waals surface area contributed by atoms with E-state index in [4.69, 9.17) is 10.5 Å². The van der Waals surface area contributed by atoms with Crippen molar-refractivity contribution in [3.8, 4) is 10.7 Å². The van der Waals surface area contributed by atoms with Crippen molar-refractivity contribution < 1.29 is 14.3 Å². The van der Waals surface area contributed by atoms with Gasteiger partial charge in [-0.2, -0.15) is 0 Å². The monoisotopic (exact) mass is 457 g/mol. The van der Waals surface area contributed by atoms with Crippen LogP contribution in [0.5, 0.6) is 0 Å². The molecule has 3 heterocycles. The number of hydrogen-bond donors (Lipinski definition) is 2. The van der Waals surface area contributed by atoms with Crippen LogP contribution in [0.2, 0.25) is 0 Å². The molecule has 10 heteroatoms. The first-order chi connectivity index (χ1) is 15.0. The van der Waals surface area contributed by atoms with Crippen molar-refractivity contribution in [3.63, 3.8) is 0 Å². The van der Waals surface area contributed by atoms with Crippen LogP contribution >= 0.6 is 23.1 Å². The van der Waals surface area contributed by atoms with Gasteiger partial charge in [0.15, 0.2) is 11.0 Å². The lowest BCUT2D eigenvalue weighted by Gasteiger charge is -2.16. The van der Waals surface area contributed by atoms with Crippen LogP contribution < -0.4 is 11.1 Å². The van der Waals surface area contributed by atoms with Gasteiger partial charge in [-0.1, -0.05) is 17.8 Å². The van der Waals surface area contributed by atoms with Gasteiger partial charge in [0.25, 0.3) is 0 Å². The molecule has 1 aromatic carbocycles. The SMILES string of the molecule is C[C@@H](Sc1nnc(-c2cccs2)n1C[C@H]1CCCO1)C(=O)Nc1ccc(C(N)=O)cc1. The molecule has 1 fully saturated rings. The van der Waals surface area contributed by atoms with Gasteiger partial charge in [-0.25, -0.2) is 0 Å². The molecule has 0 spiro atoms. The highest BCUT2D eigenvalue weighted by Crippen LogP contribution is 2.31. The number of amides is 2. The van der Waals surface area contributed by atoms with Crippen LogP contribution in [0.15, 0.2) is 46.9 Å². The molecule has 2 aromatic heterocycles. The van der Waals surface area contributed by atoms with Gasteiger partial charge in [0.1, 0.15) is 0 Å². The molecule has 0 saturated carbocycles. The fourth-order valence-electron chi connectivity index (χ4n) is 3.29. The van der Waals surface area contributed by atoms with E-state index in [0.717, 1.165) is 30.2 Å². The summed E-state index contributed by atoms with van der Waals surface area (Å²) in [5, 5.41) is 13.9. The molecule has 2 amide bonds. The van der Waals surface area contributed by atoms with Crippen molar-refractivity contribution in [2.75, 3.05) is 11.9 Å². The van der Waals surface area contributed by atoms with E-state index in [1.54, 1.807) is 35.6 Å². The molecule has 8 nitrogen and oxygen atoms in total. The highest BCUT2D eigenvalue weighted by atomic mass is 32.2. The second-order valence-electron chi connectivity index (χ2n) is 7.22. The van der Waals surface area contributed by atoms with Crippen LogP contribution in [-0.2, 0) is 16.1 Å². The number of benzene rings is 1. The summed E-state index contributed by atoms with van der Waals surface area (Å²) < 4.78 is 7.87. The summed E-state index contributed by atoms with van der Waals surface area (Å²) in [6, 6.07) is 10.5. The molecule has 4 rings (SSSR count). The van der Waals surface area contributed by atoms with Gasteiger partial charge in [-0.15, -0.1) is 21.5 Å². The van der Waals surface area contributed by atoms with Gasteiger partial charge in [0.2, 0.25) is 11.8 Å². The van der Waals surface area contributed by atoms with E-state index in [0.29, 0.717) is 23.0 Å². The number of carbonyl (C=O) groups excluding carboxylic acids is 2. The largest absolute Gasteiger partial charge is 0.376 e. The highest BCUT2D eigenvalue weighted by molar-refractivity contribution is 8.00. The molecule has 0 unspecified atom stereocenters. The van der Waals surface area contributed by atoms with Crippen LogP contribution in [-0.4, -0.2) is 44.5 Å². The van der Waals surface area contributed by atoms with Crippen molar-refractivity contribution in [2.24, 2.45) is 5.73 Å². The van der Waals surface area contributed by atoms with E-state index >= 15 is 0 Å². The van der Waals surface area contributed by atoms with Crippen molar-refractivity contribution in [2.45, 2.75) is 42.8 Å². The van der Waals surface area contributed by atoms with Crippen molar-refractivity contribution in [1.82, 2.24) is 14.8 Å². The lowest BCUT2D eigenvalue weighted by Crippen LogP contribution is -2.23. The van der Waals surface area contributed by atoms with E-state index in [2.05, 4.69) is 20.1 Å². The lowest BCUT2D eigenvalue weighted by molar-refractivity contribution is -0.115. The van der Waals surface area contributed by atoms with Crippen LogP contribution in [0.4, 0.5) is 5.69 Å². The Bertz CT molecular complexity index is 1040. The Labute approximate surface area is 188 Å². The average molecular weight is 458 g/mol. The Hall–Kier alpha value is -2.69. The summed E-state index contributed by atoms with van der Waals surface area (Å²) in [5.74, 6) is 0.123. The maximum atomic E-state index is 12.7. The molecule has 2 atom stereocenters. The Balaban J connectivity index is 1.48. The number of aromatic nitrogens is 3. The summed E-state index contributed by atoms with van der Waals surface area (Å²) in [7, 11) is 0. The third-order valence-corrected chi connectivity index (χ3v) is 6.90. The number of primary amides is 1. The fourth-order valence-corrected chi connectivity index (χ4v) is 4.87. The minimum atomic E-state index is -0.506. The fraction of sp³-hybridized carbons (Fsp3) is 0.333. The zero-order valence-corrected chi connectivity index (χ0v) is 18.6. The molecular weight excluding hydrogens is 434 g/mol. The minimum Gasteiger partial charge on any atom is -0.376 e. The van der Waals surface area contributed by atoms with E-state index in [1.807, 2.05) is 24.4 Å². The van der Waals surface area contributed by atoms with Gasteiger partial charge in [0.05, 0.1) is 22.8 Å². The Morgan fingerprint density at radius 2 is 2.13 bits per heavy atom. The van der Waals surface area contributed by atoms with E-state index in [-0.39, 0.29) is 12.0 Å². The van der Waals surface area contributed by atoms with Crippen LogP contribution in [0.3, 0.4) is 0 Å². The molecule has 3 N–H and O–H groups in total. The van der Waals surface area contributed by atoms with E-state index < -0.39 is 11.2 Å². The molecule has 0 aliphatic carbocycles. The quantitative estimate of drug-likeness (QED) is 0.502. The number of carbonyl (C=O) groups is 2. The number of rotatable bonds is 8. The molecule has 0 bridgehead atoms. The predicted molar refractivity (Wildman–Crippen MR) is 121 cm³/mol. The molecule has 1 saturated heterocycles. The van der Waals surface area contributed by atoms with Gasteiger partial charge in [-0.05, 0) is 55.5 Å². The molecule has 1 aliphatic heterocycles. The van der Waals surface area contributed by atoms with Gasteiger partial charge in [0, 0.05) is 17.9 Å². The van der Waals surface area contributed by atoms with Crippen molar-refractivity contribution >= 4 is 40.6 Å². The molecular formula is C21H23N5O3S2. The van der Waals surface area contributed by atoms with Crippen molar-refractivity contribution in [3.05, 3.63) is 47.3 Å². The van der Waals surface area contributed by atoms with E-state index in [1.165, 1.54) is 11.8 Å². The van der Waals surface area contributed by atoms with Gasteiger partial charge in [-0.3, -0.25) is 14.2 Å². The summed E-state index contributed by atoms with van der Waals surface area (Å²) in [5.41, 5.74) is 6.25. The second kappa shape index (κ2) is 9.63. The first-order valence-electron chi connectivity index (χ1n) is 9.97. The molecule has 31 heavy (non-hydrogen) atoms. The number of hydrogen-bond acceptors (Lipinski definition) is 7. The Morgan fingerprint density at radius 1 is 1.32 bits per heavy atom. The average Bonchev–Trinajstić information content (AvgIpc) is 3.52. The summed E-state index contributed by atoms with van der Waals surface area (Å²) in [4.78, 5) is 25.0. The van der Waals surface area contributed by atoms with Crippen LogP contribution in [0.1, 0.15) is 30.1 Å². The first-order valence-corrected chi connectivity index (χ1v) is 11.7. The number of anilines is 1. The van der Waals surface area contributed by atoms with Crippen LogP contribution in [0.25, 0.3) is 10.7 Å². The van der Waals surface area contributed by atoms with Crippen LogP contribution in [0, 0.1) is 0 Å². The van der Waals surface area contributed by atoms with Gasteiger partial charge < -0.3 is 15.8 Å². The molecule has 0 radical (unpaired) electrons. The number of ether oxygens (including phenoxy) is 1. The maximum Gasteiger partial charge on any atom is 0.248 e. The third kappa shape index (κ3) is 5.15. The zero-order valence-electron chi connectivity index (χ0n) is 17.0. The number of nitrogens with zero attached hydrogens (tertiary/aromatic N) is 3. The number of thiophene rings is 1. The third-order valence-electron chi connectivity index (χ3n) is 4.96. The van der Waals surface area contributed by atoms with Crippen molar-refractivity contribution in [1.29, 1.82) is 0 Å². The van der Waals surface area contributed by atoms with Gasteiger partial charge >= 0.3 is 0 Å². The Morgan fingerprint density at radius 3 is 2.77 bits per heavy atom. The lowest BCUT2D eigenvalue weighted by atomic mass is 10.2. The zero-order chi connectivity index (χ0) is 21.8. The first kappa shape index (κ1) is 21.5. The number of nitrogens with one attached hydrogen (secondary N) is 1. The maximum absolute atomic E-state index is 12.7. The second-order valence-corrected chi connectivity index (χ2v) is 9.48. The topological polar surface area (TPSA) is 112 Å². The molecule has 3 aromatic rings. The summed E-state index contributed by atoms with van der Waals surface area (Å²) in [6.45, 7) is 3.26. The van der Waals surface area contributed by atoms with E-state index in [9.17, 15) is 9.59 Å². The molecule has 162 valence electrons. The predicted octanol–water partition coefficient (Wildman–Crippen LogP) is 3.40. The summed E-state index contributed by atoms with van der Waals surface area (Å²) >= 11 is 2.97.